The van der Waals surface area contributed by atoms with Gasteiger partial charge in [0.05, 0.1) is 0 Å². The van der Waals surface area contributed by atoms with E-state index >= 15 is 0 Å². The van der Waals surface area contributed by atoms with Gasteiger partial charge in [0.15, 0.2) is 5.82 Å². The van der Waals surface area contributed by atoms with Crippen LogP contribution in [0.15, 0.2) is 35.2 Å². The molecule has 1 fully saturated rings. The monoisotopic (exact) mass is 277 g/mol. The van der Waals surface area contributed by atoms with Gasteiger partial charge in [0.2, 0.25) is 12.3 Å². The molecule has 1 saturated heterocycles. The summed E-state index contributed by atoms with van der Waals surface area (Å²) in [6, 6.07) is 7.55. The van der Waals surface area contributed by atoms with Crippen molar-refractivity contribution in [2.75, 3.05) is 6.54 Å². The maximum absolute atomic E-state index is 12.0. The molecule has 0 spiro atoms. The van der Waals surface area contributed by atoms with Crippen molar-refractivity contribution < 1.29 is 9.32 Å². The number of amides is 1. The van der Waals surface area contributed by atoms with Crippen molar-refractivity contribution >= 4 is 17.5 Å². The molecule has 1 atom stereocenters. The van der Waals surface area contributed by atoms with Crippen LogP contribution < -0.4 is 0 Å². The summed E-state index contributed by atoms with van der Waals surface area (Å²) >= 11 is 6.11. The lowest BCUT2D eigenvalue weighted by atomic mass is 10.1. The summed E-state index contributed by atoms with van der Waals surface area (Å²) in [6.07, 6.45) is 1.71. The Morgan fingerprint density at radius 1 is 1.42 bits per heavy atom. The summed E-state index contributed by atoms with van der Waals surface area (Å²) < 4.78 is 4.72. The number of hydrogen-bond acceptors (Lipinski definition) is 4. The quantitative estimate of drug-likeness (QED) is 0.863. The second kappa shape index (κ2) is 5.01. The van der Waals surface area contributed by atoms with Crippen LogP contribution in [-0.4, -0.2) is 27.5 Å². The second-order valence-corrected chi connectivity index (χ2v) is 4.96. The predicted molar refractivity (Wildman–Crippen MR) is 68.5 cm³/mol. The lowest BCUT2D eigenvalue weighted by molar-refractivity contribution is -0.128. The van der Waals surface area contributed by atoms with Crippen LogP contribution in [0.5, 0.6) is 0 Å². The van der Waals surface area contributed by atoms with Gasteiger partial charge < -0.3 is 9.42 Å². The van der Waals surface area contributed by atoms with E-state index in [4.69, 9.17) is 16.1 Å². The highest BCUT2D eigenvalue weighted by atomic mass is 35.5. The zero-order valence-electron chi connectivity index (χ0n) is 10.1. The molecule has 0 radical (unpaired) electrons. The zero-order chi connectivity index (χ0) is 13.2. The molecule has 1 aliphatic heterocycles. The Labute approximate surface area is 115 Å². The van der Waals surface area contributed by atoms with E-state index in [2.05, 4.69) is 10.1 Å². The molecule has 1 amide bonds. The zero-order valence-corrected chi connectivity index (χ0v) is 10.9. The van der Waals surface area contributed by atoms with Gasteiger partial charge in [0, 0.05) is 30.5 Å². The summed E-state index contributed by atoms with van der Waals surface area (Å²) in [5, 5.41) is 4.48. The van der Waals surface area contributed by atoms with Gasteiger partial charge in [-0.25, -0.2) is 0 Å². The highest BCUT2D eigenvalue weighted by Crippen LogP contribution is 2.28. The number of carbonyl (C=O) groups excluding carboxylic acids is 1. The summed E-state index contributed by atoms with van der Waals surface area (Å²) in [4.78, 5) is 17.8. The lowest BCUT2D eigenvalue weighted by Gasteiger charge is -2.16. The third-order valence-electron chi connectivity index (χ3n) is 3.28. The lowest BCUT2D eigenvalue weighted by Crippen LogP contribution is -2.24. The number of rotatable bonds is 3. The molecule has 1 aromatic heterocycles. The van der Waals surface area contributed by atoms with E-state index in [1.54, 1.807) is 4.90 Å². The second-order valence-electron chi connectivity index (χ2n) is 4.56. The average Bonchev–Trinajstić information content (AvgIpc) is 3.02. The molecule has 1 unspecified atom stereocenters. The van der Waals surface area contributed by atoms with Crippen molar-refractivity contribution in [1.82, 2.24) is 15.0 Å². The van der Waals surface area contributed by atoms with Crippen LogP contribution in [0.4, 0.5) is 0 Å². The summed E-state index contributed by atoms with van der Waals surface area (Å²) in [5.74, 6) is 0.693. The molecule has 5 nitrogen and oxygen atoms in total. The first-order chi connectivity index (χ1) is 9.24. The Morgan fingerprint density at radius 3 is 3.00 bits per heavy atom. The van der Waals surface area contributed by atoms with Crippen LogP contribution in [-0.2, 0) is 11.3 Å². The van der Waals surface area contributed by atoms with Crippen LogP contribution in [0.3, 0.4) is 0 Å². The molecule has 2 aromatic rings. The summed E-state index contributed by atoms with van der Waals surface area (Å²) in [5.41, 5.74) is 0.950. The largest absolute Gasteiger partial charge is 0.343 e. The fraction of sp³-hybridized carbons (Fsp3) is 0.308. The van der Waals surface area contributed by atoms with E-state index in [0.717, 1.165) is 5.56 Å². The SMILES string of the molecule is O=C1CC(c2ncon2)CN1Cc1ccccc1Cl. The third-order valence-corrected chi connectivity index (χ3v) is 3.65. The Morgan fingerprint density at radius 2 is 2.26 bits per heavy atom. The number of hydrogen-bond donors (Lipinski definition) is 0. The molecule has 6 heteroatoms. The standard InChI is InChI=1S/C13H12ClN3O2/c14-11-4-2-1-3-9(11)6-17-7-10(5-12(17)18)13-15-8-19-16-13/h1-4,8,10H,5-7H2. The van der Waals surface area contributed by atoms with Crippen molar-refractivity contribution in [3.63, 3.8) is 0 Å². The highest BCUT2D eigenvalue weighted by molar-refractivity contribution is 6.31. The molecule has 0 saturated carbocycles. The van der Waals surface area contributed by atoms with Crippen LogP contribution in [0.1, 0.15) is 23.7 Å². The maximum Gasteiger partial charge on any atom is 0.223 e. The van der Waals surface area contributed by atoms with Gasteiger partial charge >= 0.3 is 0 Å². The molecule has 1 aliphatic rings. The van der Waals surface area contributed by atoms with E-state index < -0.39 is 0 Å². The topological polar surface area (TPSA) is 59.2 Å². The van der Waals surface area contributed by atoms with Gasteiger partial charge in [-0.15, -0.1) is 0 Å². The van der Waals surface area contributed by atoms with Gasteiger partial charge in [-0.1, -0.05) is 35.0 Å². The molecule has 2 heterocycles. The Balaban J connectivity index is 1.73. The van der Waals surface area contributed by atoms with Gasteiger partial charge in [0.25, 0.3) is 0 Å². The normalized spacial score (nSPS) is 19.1. The first kappa shape index (κ1) is 12.2. The molecule has 19 heavy (non-hydrogen) atoms. The molecule has 1 aromatic carbocycles. The molecular weight excluding hydrogens is 266 g/mol. The first-order valence-electron chi connectivity index (χ1n) is 6.01. The van der Waals surface area contributed by atoms with Crippen molar-refractivity contribution in [2.24, 2.45) is 0 Å². The minimum atomic E-state index is 0.00809. The van der Waals surface area contributed by atoms with Gasteiger partial charge in [-0.3, -0.25) is 4.79 Å². The first-order valence-corrected chi connectivity index (χ1v) is 6.39. The number of aromatic nitrogens is 2. The van der Waals surface area contributed by atoms with Crippen LogP contribution >= 0.6 is 11.6 Å². The Hall–Kier alpha value is -1.88. The van der Waals surface area contributed by atoms with Crippen molar-refractivity contribution in [3.05, 3.63) is 47.1 Å². The molecule has 3 rings (SSSR count). The fourth-order valence-corrected chi connectivity index (χ4v) is 2.48. The highest BCUT2D eigenvalue weighted by Gasteiger charge is 2.33. The fourth-order valence-electron chi connectivity index (χ4n) is 2.29. The maximum atomic E-state index is 12.0. The third kappa shape index (κ3) is 2.46. The van der Waals surface area contributed by atoms with E-state index in [-0.39, 0.29) is 11.8 Å². The average molecular weight is 278 g/mol. The van der Waals surface area contributed by atoms with Crippen molar-refractivity contribution in [3.8, 4) is 0 Å². The van der Waals surface area contributed by atoms with E-state index in [9.17, 15) is 4.79 Å². The molecule has 0 aliphatic carbocycles. The Kier molecular flexibility index (Phi) is 3.21. The van der Waals surface area contributed by atoms with Crippen LogP contribution in [0, 0.1) is 0 Å². The number of nitrogens with zero attached hydrogens (tertiary/aromatic N) is 3. The minimum absolute atomic E-state index is 0.00809. The number of benzene rings is 1. The van der Waals surface area contributed by atoms with E-state index in [0.29, 0.717) is 30.4 Å². The molecule has 98 valence electrons. The summed E-state index contributed by atoms with van der Waals surface area (Å²) in [7, 11) is 0. The predicted octanol–water partition coefficient (Wildman–Crippen LogP) is 2.24. The smallest absolute Gasteiger partial charge is 0.223 e. The van der Waals surface area contributed by atoms with Gasteiger partial charge in [0.1, 0.15) is 0 Å². The number of carbonyl (C=O) groups is 1. The van der Waals surface area contributed by atoms with Crippen LogP contribution in [0.25, 0.3) is 0 Å². The molecular formula is C13H12ClN3O2. The van der Waals surface area contributed by atoms with Crippen molar-refractivity contribution in [2.45, 2.75) is 18.9 Å². The number of halogens is 1. The summed E-state index contributed by atoms with van der Waals surface area (Å²) in [6.45, 7) is 1.12. The van der Waals surface area contributed by atoms with Crippen molar-refractivity contribution in [1.29, 1.82) is 0 Å². The van der Waals surface area contributed by atoms with E-state index in [1.165, 1.54) is 6.39 Å². The van der Waals surface area contributed by atoms with Crippen LogP contribution in [0.2, 0.25) is 5.02 Å². The molecule has 0 bridgehead atoms. The van der Waals surface area contributed by atoms with Gasteiger partial charge in [-0.05, 0) is 11.6 Å². The van der Waals surface area contributed by atoms with E-state index in [1.807, 2.05) is 24.3 Å². The number of likely N-dealkylation sites (tertiary alicyclic amines) is 1. The van der Waals surface area contributed by atoms with Gasteiger partial charge in [-0.2, -0.15) is 4.98 Å². The minimum Gasteiger partial charge on any atom is -0.343 e. The molecule has 0 N–H and O–H groups in total. The Bertz CT molecular complexity index is 585.